The highest BCUT2D eigenvalue weighted by Crippen LogP contribution is 2.14. The number of likely N-dealkylation sites (N-methyl/N-ethyl adjacent to an activating group) is 1. The Bertz CT molecular complexity index is 314. The fourth-order valence-electron chi connectivity index (χ4n) is 2.59. The van der Waals surface area contributed by atoms with Gasteiger partial charge in [0.25, 0.3) is 0 Å². The van der Waals surface area contributed by atoms with Crippen molar-refractivity contribution < 1.29 is 27.2 Å². The number of rotatable bonds is 19. The van der Waals surface area contributed by atoms with Crippen LogP contribution in [0.3, 0.4) is 0 Å². The smallest absolute Gasteiger partial charge is 0.334 e. The average molecular weight is 426 g/mol. The SMILES string of the molecule is CCN(CCOCCC[Si](C)(OC)OC)CCOCCC[Si](C)(OC)OC. The zero-order chi connectivity index (χ0) is 20.6. The van der Waals surface area contributed by atoms with Gasteiger partial charge in [-0.25, -0.2) is 0 Å². The lowest BCUT2D eigenvalue weighted by molar-refractivity contribution is 0.0756. The van der Waals surface area contributed by atoms with Crippen molar-refractivity contribution in [2.75, 3.05) is 74.5 Å². The molecule has 0 fully saturated rings. The van der Waals surface area contributed by atoms with Crippen molar-refractivity contribution in [3.05, 3.63) is 0 Å². The van der Waals surface area contributed by atoms with Gasteiger partial charge in [0.1, 0.15) is 0 Å². The van der Waals surface area contributed by atoms with Gasteiger partial charge in [-0.2, -0.15) is 0 Å². The monoisotopic (exact) mass is 425 g/mol. The molecule has 0 amide bonds. The maximum Gasteiger partial charge on any atom is 0.334 e. The Morgan fingerprint density at radius 1 is 0.630 bits per heavy atom. The van der Waals surface area contributed by atoms with E-state index < -0.39 is 17.1 Å². The van der Waals surface area contributed by atoms with Crippen LogP contribution in [0.4, 0.5) is 0 Å². The molecule has 0 aliphatic heterocycles. The second-order valence-corrected chi connectivity index (χ2v) is 14.1. The molecule has 0 saturated carbocycles. The normalized spacial score (nSPS) is 12.9. The minimum atomic E-state index is -1.95. The van der Waals surface area contributed by atoms with Crippen LogP contribution in [-0.2, 0) is 27.2 Å². The molecule has 27 heavy (non-hydrogen) atoms. The number of hydrogen-bond acceptors (Lipinski definition) is 7. The molecular weight excluding hydrogens is 382 g/mol. The summed E-state index contributed by atoms with van der Waals surface area (Å²) in [5, 5.41) is 0. The molecular formula is C18H43NO6Si2. The van der Waals surface area contributed by atoms with E-state index in [0.29, 0.717) is 0 Å². The van der Waals surface area contributed by atoms with E-state index >= 15 is 0 Å². The molecule has 0 aromatic rings. The second kappa shape index (κ2) is 16.0. The summed E-state index contributed by atoms with van der Waals surface area (Å²) in [5.41, 5.74) is 0. The summed E-state index contributed by atoms with van der Waals surface area (Å²) >= 11 is 0. The zero-order valence-corrected chi connectivity index (χ0v) is 20.7. The summed E-state index contributed by atoms with van der Waals surface area (Å²) in [6.45, 7) is 12.2. The van der Waals surface area contributed by atoms with Crippen LogP contribution in [0.1, 0.15) is 19.8 Å². The molecule has 0 saturated heterocycles. The first-order valence-electron chi connectivity index (χ1n) is 9.97. The van der Waals surface area contributed by atoms with Crippen molar-refractivity contribution in [2.24, 2.45) is 0 Å². The quantitative estimate of drug-likeness (QED) is 0.233. The molecule has 0 radical (unpaired) electrons. The lowest BCUT2D eigenvalue weighted by Crippen LogP contribution is -2.36. The maximum atomic E-state index is 5.76. The van der Waals surface area contributed by atoms with Crippen LogP contribution in [0.5, 0.6) is 0 Å². The largest absolute Gasteiger partial charge is 0.398 e. The Morgan fingerprint density at radius 2 is 1.00 bits per heavy atom. The molecule has 0 rings (SSSR count). The van der Waals surface area contributed by atoms with Crippen molar-refractivity contribution in [3.8, 4) is 0 Å². The third kappa shape index (κ3) is 13.1. The molecule has 0 aromatic carbocycles. The van der Waals surface area contributed by atoms with E-state index in [2.05, 4.69) is 24.9 Å². The minimum Gasteiger partial charge on any atom is -0.398 e. The highest BCUT2D eigenvalue weighted by molar-refractivity contribution is 6.66. The molecule has 0 aromatic heterocycles. The molecule has 0 atom stereocenters. The van der Waals surface area contributed by atoms with Crippen molar-refractivity contribution >= 4 is 17.1 Å². The predicted octanol–water partition coefficient (Wildman–Crippen LogP) is 2.85. The van der Waals surface area contributed by atoms with Crippen molar-refractivity contribution in [1.82, 2.24) is 4.90 Å². The topological polar surface area (TPSA) is 58.6 Å². The molecule has 0 aliphatic carbocycles. The molecule has 0 heterocycles. The van der Waals surface area contributed by atoms with Gasteiger partial charge in [0.2, 0.25) is 0 Å². The fraction of sp³-hybridized carbons (Fsp3) is 1.00. The number of ether oxygens (including phenoxy) is 2. The summed E-state index contributed by atoms with van der Waals surface area (Å²) in [7, 11) is 3.01. The van der Waals surface area contributed by atoms with Gasteiger partial charge in [-0.1, -0.05) is 6.92 Å². The minimum absolute atomic E-state index is 0.748. The van der Waals surface area contributed by atoms with E-state index in [-0.39, 0.29) is 0 Å². The van der Waals surface area contributed by atoms with E-state index in [1.807, 2.05) is 0 Å². The van der Waals surface area contributed by atoms with Crippen molar-refractivity contribution in [3.63, 3.8) is 0 Å². The van der Waals surface area contributed by atoms with Crippen LogP contribution in [0.25, 0.3) is 0 Å². The van der Waals surface area contributed by atoms with E-state index in [4.69, 9.17) is 27.2 Å². The first kappa shape index (κ1) is 27.2. The molecule has 164 valence electrons. The van der Waals surface area contributed by atoms with E-state index in [1.165, 1.54) is 0 Å². The summed E-state index contributed by atoms with van der Waals surface area (Å²) in [6, 6.07) is 1.92. The molecule has 9 heteroatoms. The molecule has 0 aliphatic rings. The third-order valence-electron chi connectivity index (χ3n) is 5.12. The second-order valence-electron chi connectivity index (χ2n) is 6.95. The van der Waals surface area contributed by atoms with Gasteiger partial charge in [-0.3, -0.25) is 4.90 Å². The van der Waals surface area contributed by atoms with Gasteiger partial charge in [-0.05, 0) is 44.6 Å². The van der Waals surface area contributed by atoms with E-state index in [9.17, 15) is 0 Å². The first-order chi connectivity index (χ1) is 12.9. The van der Waals surface area contributed by atoms with Gasteiger partial charge in [0.05, 0.1) is 13.2 Å². The molecule has 0 spiro atoms. The van der Waals surface area contributed by atoms with E-state index in [1.54, 1.807) is 28.4 Å². The summed E-state index contributed by atoms with van der Waals surface area (Å²) in [4.78, 5) is 2.35. The Morgan fingerprint density at radius 3 is 1.30 bits per heavy atom. The summed E-state index contributed by atoms with van der Waals surface area (Å²) in [6.07, 6.45) is 1.95. The number of nitrogens with zero attached hydrogens (tertiary/aromatic N) is 1. The highest BCUT2D eigenvalue weighted by Gasteiger charge is 2.28. The van der Waals surface area contributed by atoms with Gasteiger partial charge in [0.15, 0.2) is 0 Å². The molecule has 7 nitrogen and oxygen atoms in total. The Balaban J connectivity index is 3.68. The number of hydrogen-bond donors (Lipinski definition) is 0. The maximum absolute atomic E-state index is 5.76. The Hall–Kier alpha value is 0.154. The zero-order valence-electron chi connectivity index (χ0n) is 18.7. The summed E-state index contributed by atoms with van der Waals surface area (Å²) < 4.78 is 33.4. The fourth-order valence-corrected chi connectivity index (χ4v) is 5.31. The highest BCUT2D eigenvalue weighted by atomic mass is 28.4. The summed E-state index contributed by atoms with van der Waals surface area (Å²) in [5.74, 6) is 0. The van der Waals surface area contributed by atoms with Crippen LogP contribution in [0, 0.1) is 0 Å². The van der Waals surface area contributed by atoms with Crippen LogP contribution in [-0.4, -0.2) is 96.5 Å². The van der Waals surface area contributed by atoms with Gasteiger partial charge >= 0.3 is 17.1 Å². The van der Waals surface area contributed by atoms with Crippen LogP contribution >= 0.6 is 0 Å². The van der Waals surface area contributed by atoms with Gasteiger partial charge in [-0.15, -0.1) is 0 Å². The van der Waals surface area contributed by atoms with Gasteiger partial charge in [0, 0.05) is 54.7 Å². The Labute approximate surface area is 169 Å². The van der Waals surface area contributed by atoms with Crippen molar-refractivity contribution in [1.29, 1.82) is 0 Å². The predicted molar refractivity (Wildman–Crippen MR) is 114 cm³/mol. The molecule has 0 bridgehead atoms. The van der Waals surface area contributed by atoms with Gasteiger partial charge < -0.3 is 27.2 Å². The van der Waals surface area contributed by atoms with E-state index in [0.717, 1.165) is 71.0 Å². The van der Waals surface area contributed by atoms with Crippen molar-refractivity contribution in [2.45, 2.75) is 44.9 Å². The molecule has 0 unspecified atom stereocenters. The Kier molecular flexibility index (Phi) is 16.1. The standard InChI is InChI=1S/C18H43NO6Si2/c1-8-19(11-15-24-13-9-17-26(6,20-2)21-3)12-16-25-14-10-18-27(7,22-4)23-5/h8-18H2,1-7H3. The lowest BCUT2D eigenvalue weighted by Gasteiger charge is -2.23. The third-order valence-corrected chi connectivity index (χ3v) is 11.1. The average Bonchev–Trinajstić information content (AvgIpc) is 2.70. The van der Waals surface area contributed by atoms with Crippen LogP contribution < -0.4 is 0 Å². The van der Waals surface area contributed by atoms with Crippen LogP contribution in [0.2, 0.25) is 25.2 Å². The van der Waals surface area contributed by atoms with Crippen LogP contribution in [0.15, 0.2) is 0 Å². The first-order valence-corrected chi connectivity index (χ1v) is 15.0. The lowest BCUT2D eigenvalue weighted by atomic mass is 10.4. The molecule has 0 N–H and O–H groups in total.